The van der Waals surface area contributed by atoms with Gasteiger partial charge in [0.25, 0.3) is 0 Å². The molecule has 0 aliphatic heterocycles. The summed E-state index contributed by atoms with van der Waals surface area (Å²) in [6, 6.07) is 8.66. The fraction of sp³-hybridized carbons (Fsp3) is 0.630. The van der Waals surface area contributed by atoms with E-state index in [1.807, 2.05) is 14.2 Å². The number of hydrogen-bond donors (Lipinski definition) is 2. The molecule has 0 radical (unpaired) electrons. The van der Waals surface area contributed by atoms with Gasteiger partial charge in [0.15, 0.2) is 0 Å². The minimum Gasteiger partial charge on any atom is -0.496 e. The summed E-state index contributed by atoms with van der Waals surface area (Å²) in [7, 11) is 3.71. The Morgan fingerprint density at radius 2 is 1.19 bits per heavy atom. The Balaban J connectivity index is 1.40. The molecule has 0 N–H and O–H groups in total. The SMILES string of the molecule is COc1c2c(c(OC)c3ccccc13)C1C3CC(C21)C1C3C2CCC1[C@H](CS)[C@H]2CS. The highest BCUT2D eigenvalue weighted by molar-refractivity contribution is 7.80. The minimum atomic E-state index is 0.670. The van der Waals surface area contributed by atoms with Crippen molar-refractivity contribution in [3.63, 3.8) is 0 Å². The highest BCUT2D eigenvalue weighted by Crippen LogP contribution is 2.79. The predicted octanol–water partition coefficient (Wildman–Crippen LogP) is 6.05. The van der Waals surface area contributed by atoms with E-state index in [1.54, 1.807) is 0 Å². The first kappa shape index (κ1) is 19.5. The van der Waals surface area contributed by atoms with Crippen molar-refractivity contribution in [2.75, 3.05) is 25.7 Å². The van der Waals surface area contributed by atoms with E-state index in [-0.39, 0.29) is 0 Å². The number of thiol groups is 2. The van der Waals surface area contributed by atoms with E-state index in [1.165, 1.54) is 41.2 Å². The van der Waals surface area contributed by atoms with Gasteiger partial charge in [0.2, 0.25) is 0 Å². The van der Waals surface area contributed by atoms with E-state index in [0.717, 1.165) is 70.3 Å². The summed E-state index contributed by atoms with van der Waals surface area (Å²) in [5, 5.41) is 2.43. The quantitative estimate of drug-likeness (QED) is 0.550. The van der Waals surface area contributed by atoms with Gasteiger partial charge in [-0.05, 0) is 89.9 Å². The second kappa shape index (κ2) is 6.76. The smallest absolute Gasteiger partial charge is 0.130 e. The van der Waals surface area contributed by atoms with E-state index in [9.17, 15) is 0 Å². The van der Waals surface area contributed by atoms with Gasteiger partial charge in [-0.25, -0.2) is 0 Å². The molecule has 2 aromatic carbocycles. The van der Waals surface area contributed by atoms with Crippen LogP contribution in [0, 0.1) is 47.3 Å². The molecule has 4 heteroatoms. The van der Waals surface area contributed by atoms with E-state index in [0.29, 0.717) is 11.8 Å². The van der Waals surface area contributed by atoms with Crippen molar-refractivity contribution in [2.24, 2.45) is 47.3 Å². The fourth-order valence-electron chi connectivity index (χ4n) is 9.86. The largest absolute Gasteiger partial charge is 0.496 e. The van der Waals surface area contributed by atoms with Crippen LogP contribution in [0.1, 0.15) is 42.2 Å². The Bertz CT molecular complexity index is 984. The molecule has 2 nitrogen and oxygen atoms in total. The molecule has 6 aliphatic rings. The lowest BCUT2D eigenvalue weighted by Gasteiger charge is -2.62. The van der Waals surface area contributed by atoms with Gasteiger partial charge >= 0.3 is 0 Å². The van der Waals surface area contributed by atoms with Crippen molar-refractivity contribution in [2.45, 2.75) is 31.1 Å². The second-order valence-corrected chi connectivity index (χ2v) is 11.5. The van der Waals surface area contributed by atoms with Crippen LogP contribution < -0.4 is 9.47 Å². The van der Waals surface area contributed by atoms with Crippen LogP contribution in [0.3, 0.4) is 0 Å². The zero-order valence-electron chi connectivity index (χ0n) is 18.3. The Hall–Kier alpha value is -1.000. The van der Waals surface area contributed by atoms with Crippen LogP contribution in [0.5, 0.6) is 11.5 Å². The molecule has 8 unspecified atom stereocenters. The van der Waals surface area contributed by atoms with Gasteiger partial charge in [-0.2, -0.15) is 25.3 Å². The molecule has 31 heavy (non-hydrogen) atoms. The molecule has 0 amide bonds. The van der Waals surface area contributed by atoms with Gasteiger partial charge in [-0.1, -0.05) is 24.3 Å². The third-order valence-electron chi connectivity index (χ3n) is 10.5. The number of hydrogen-bond acceptors (Lipinski definition) is 4. The summed E-state index contributed by atoms with van der Waals surface area (Å²) in [6.07, 6.45) is 4.26. The molecule has 5 fully saturated rings. The number of methoxy groups -OCH3 is 2. The van der Waals surface area contributed by atoms with Gasteiger partial charge < -0.3 is 9.47 Å². The van der Waals surface area contributed by atoms with Gasteiger partial charge in [-0.3, -0.25) is 0 Å². The average molecular weight is 453 g/mol. The summed E-state index contributed by atoms with van der Waals surface area (Å²) in [6.45, 7) is 0. The van der Waals surface area contributed by atoms with Crippen molar-refractivity contribution in [1.82, 2.24) is 0 Å². The molecule has 0 saturated heterocycles. The monoisotopic (exact) mass is 452 g/mol. The summed E-state index contributed by atoms with van der Waals surface area (Å²) in [5.74, 6) is 12.4. The highest BCUT2D eigenvalue weighted by atomic mass is 32.1. The fourth-order valence-corrected chi connectivity index (χ4v) is 10.9. The minimum absolute atomic E-state index is 0.670. The molecule has 0 spiro atoms. The Morgan fingerprint density at radius 1 is 0.742 bits per heavy atom. The van der Waals surface area contributed by atoms with Gasteiger partial charge in [-0.15, -0.1) is 0 Å². The lowest BCUT2D eigenvalue weighted by atomic mass is 9.43. The van der Waals surface area contributed by atoms with Gasteiger partial charge in [0, 0.05) is 21.9 Å². The molecular formula is C27H32O2S2. The van der Waals surface area contributed by atoms with Crippen LogP contribution in [-0.4, -0.2) is 25.7 Å². The van der Waals surface area contributed by atoms with Crippen LogP contribution >= 0.6 is 25.3 Å². The highest BCUT2D eigenvalue weighted by Gasteiger charge is 2.70. The van der Waals surface area contributed by atoms with Crippen molar-refractivity contribution in [3.8, 4) is 11.5 Å². The Morgan fingerprint density at radius 3 is 1.58 bits per heavy atom. The third-order valence-corrected chi connectivity index (χ3v) is 11.3. The molecule has 164 valence electrons. The molecule has 6 aliphatic carbocycles. The first-order chi connectivity index (χ1) is 15.2. The topological polar surface area (TPSA) is 18.5 Å². The van der Waals surface area contributed by atoms with Crippen molar-refractivity contribution in [3.05, 3.63) is 35.4 Å². The Kier molecular flexibility index (Phi) is 4.24. The number of rotatable bonds is 4. The zero-order chi connectivity index (χ0) is 21.0. The lowest BCUT2D eigenvalue weighted by molar-refractivity contribution is -0.0949. The van der Waals surface area contributed by atoms with Crippen LogP contribution in [0.15, 0.2) is 24.3 Å². The van der Waals surface area contributed by atoms with Crippen molar-refractivity contribution < 1.29 is 9.47 Å². The maximum absolute atomic E-state index is 6.10. The van der Waals surface area contributed by atoms with E-state index in [4.69, 9.17) is 34.7 Å². The molecule has 10 atom stereocenters. The number of fused-ring (bicyclic) bond motifs is 11. The second-order valence-electron chi connectivity index (χ2n) is 10.8. The predicted molar refractivity (Wildman–Crippen MR) is 132 cm³/mol. The molecule has 0 heterocycles. The molecule has 5 saturated carbocycles. The maximum Gasteiger partial charge on any atom is 0.130 e. The summed E-state index contributed by atoms with van der Waals surface area (Å²) in [5.41, 5.74) is 2.98. The van der Waals surface area contributed by atoms with Gasteiger partial charge in [0.05, 0.1) is 14.2 Å². The molecule has 8 rings (SSSR count). The van der Waals surface area contributed by atoms with Crippen LogP contribution in [-0.2, 0) is 0 Å². The number of ether oxygens (including phenoxy) is 2. The maximum atomic E-state index is 6.10. The lowest BCUT2D eigenvalue weighted by Crippen LogP contribution is -2.56. The third kappa shape index (κ3) is 2.16. The summed E-state index contributed by atoms with van der Waals surface area (Å²) in [4.78, 5) is 0. The molecule has 2 aromatic rings. The summed E-state index contributed by atoms with van der Waals surface area (Å²) >= 11 is 9.67. The number of benzene rings is 2. The summed E-state index contributed by atoms with van der Waals surface area (Å²) < 4.78 is 12.2. The van der Waals surface area contributed by atoms with E-state index >= 15 is 0 Å². The van der Waals surface area contributed by atoms with E-state index in [2.05, 4.69) is 24.3 Å². The van der Waals surface area contributed by atoms with Crippen molar-refractivity contribution >= 4 is 36.0 Å². The van der Waals surface area contributed by atoms with Crippen LogP contribution in [0.4, 0.5) is 0 Å². The van der Waals surface area contributed by atoms with Crippen LogP contribution in [0.2, 0.25) is 0 Å². The van der Waals surface area contributed by atoms with Crippen LogP contribution in [0.25, 0.3) is 10.8 Å². The normalized spacial score (nSPS) is 43.4. The zero-order valence-corrected chi connectivity index (χ0v) is 20.1. The van der Waals surface area contributed by atoms with E-state index < -0.39 is 0 Å². The first-order valence-electron chi connectivity index (χ1n) is 12.1. The first-order valence-corrected chi connectivity index (χ1v) is 13.4. The van der Waals surface area contributed by atoms with Gasteiger partial charge in [0.1, 0.15) is 11.5 Å². The average Bonchev–Trinajstić information content (AvgIpc) is 3.34. The molecule has 4 bridgehead atoms. The molecular weight excluding hydrogens is 420 g/mol. The van der Waals surface area contributed by atoms with Crippen molar-refractivity contribution in [1.29, 1.82) is 0 Å². The Labute approximate surface area is 196 Å². The standard InChI is InChI=1S/C27H32O2S2/c1-28-26-14-5-3-4-6-15(14)27(29-2)25-23-17-9-16(22(23)24(25)26)20-12-7-8-13(21(17)20)19(11-31)18(12)10-30/h3-6,12-13,16-23,30-31H,7-11H2,1-2H3/t12?,13?,16?,17?,18-,19-,20?,21?,22?,23?/m0/s1. The molecule has 0 aromatic heterocycles.